The first kappa shape index (κ1) is 25.3. The van der Waals surface area contributed by atoms with Crippen LogP contribution < -0.4 is 10.6 Å². The number of nitrogens with zero attached hydrogens (tertiary/aromatic N) is 2. The highest BCUT2D eigenvalue weighted by Crippen LogP contribution is 2.26. The maximum Gasteiger partial charge on any atom is 0.344 e. The fourth-order valence-corrected chi connectivity index (χ4v) is 4.53. The first-order valence-corrected chi connectivity index (χ1v) is 11.8. The van der Waals surface area contributed by atoms with Crippen molar-refractivity contribution in [2.75, 3.05) is 6.61 Å². The lowest BCUT2D eigenvalue weighted by Gasteiger charge is -2.32. The molecular weight excluding hydrogens is 436 g/mol. The molecule has 1 fully saturated rings. The van der Waals surface area contributed by atoms with E-state index in [-0.39, 0.29) is 29.7 Å². The van der Waals surface area contributed by atoms with Crippen molar-refractivity contribution < 1.29 is 24.3 Å². The predicted octanol–water partition coefficient (Wildman–Crippen LogP) is 3.08. The smallest absolute Gasteiger partial charge is 0.344 e. The van der Waals surface area contributed by atoms with Gasteiger partial charge in [0.25, 0.3) is 5.91 Å². The minimum absolute atomic E-state index is 0.141. The SMILES string of the molecule is CC(C)CC(/C=N/OCC(=O)O)NC(=O)[C@@H]1CCCC[C@@H]1NC(=O)c1cc2ccccc2n1C. The molecule has 0 bridgehead atoms. The van der Waals surface area contributed by atoms with Gasteiger partial charge < -0.3 is 25.1 Å². The first-order valence-electron chi connectivity index (χ1n) is 11.8. The molecule has 1 heterocycles. The molecule has 0 saturated heterocycles. The van der Waals surface area contributed by atoms with Gasteiger partial charge in [-0.25, -0.2) is 4.79 Å². The number of carbonyl (C=O) groups is 3. The standard InChI is InChI=1S/C25H34N4O5/c1-16(2)12-18(14-26-34-15-23(30)31)27-24(32)19-9-5-6-10-20(19)28-25(33)22-13-17-8-4-7-11-21(17)29(22)3/h4,7-8,11,13-14,16,18-20H,5-6,9-10,12,15H2,1-3H3,(H,27,32)(H,28,33)(H,30,31)/b26-14+/t18?,19-,20+/m1/s1. The number of aromatic nitrogens is 1. The molecule has 2 aromatic rings. The van der Waals surface area contributed by atoms with E-state index in [1.807, 2.05) is 55.8 Å². The van der Waals surface area contributed by atoms with Gasteiger partial charge in [0.1, 0.15) is 5.69 Å². The Labute approximate surface area is 199 Å². The highest BCUT2D eigenvalue weighted by Gasteiger charge is 2.33. The lowest BCUT2D eigenvalue weighted by atomic mass is 9.83. The third kappa shape index (κ3) is 6.59. The summed E-state index contributed by atoms with van der Waals surface area (Å²) in [4.78, 5) is 41.7. The molecule has 1 aliphatic rings. The van der Waals surface area contributed by atoms with Crippen LogP contribution in [0, 0.1) is 11.8 Å². The molecule has 3 rings (SSSR count). The molecule has 0 radical (unpaired) electrons. The zero-order valence-corrected chi connectivity index (χ0v) is 20.0. The van der Waals surface area contributed by atoms with Gasteiger partial charge >= 0.3 is 5.97 Å². The molecule has 1 unspecified atom stereocenters. The molecule has 1 aromatic heterocycles. The Balaban J connectivity index is 1.68. The zero-order valence-electron chi connectivity index (χ0n) is 20.0. The van der Waals surface area contributed by atoms with Crippen LogP contribution >= 0.6 is 0 Å². The molecule has 1 aliphatic carbocycles. The van der Waals surface area contributed by atoms with E-state index >= 15 is 0 Å². The van der Waals surface area contributed by atoms with Gasteiger partial charge in [0.15, 0.2) is 0 Å². The number of carbonyl (C=O) groups excluding carboxylic acids is 2. The van der Waals surface area contributed by atoms with E-state index < -0.39 is 18.6 Å². The molecule has 184 valence electrons. The number of carboxylic acids is 1. The fourth-order valence-electron chi connectivity index (χ4n) is 4.53. The molecule has 2 amide bonds. The van der Waals surface area contributed by atoms with Gasteiger partial charge in [-0.2, -0.15) is 0 Å². The van der Waals surface area contributed by atoms with Crippen LogP contribution in [0.1, 0.15) is 56.4 Å². The number of hydrogen-bond donors (Lipinski definition) is 3. The van der Waals surface area contributed by atoms with Gasteiger partial charge in [-0.3, -0.25) is 9.59 Å². The highest BCUT2D eigenvalue weighted by atomic mass is 16.6. The summed E-state index contributed by atoms with van der Waals surface area (Å²) in [7, 11) is 1.87. The maximum absolute atomic E-state index is 13.2. The third-order valence-electron chi connectivity index (χ3n) is 6.16. The number of nitrogens with one attached hydrogen (secondary N) is 2. The zero-order chi connectivity index (χ0) is 24.7. The van der Waals surface area contributed by atoms with E-state index in [9.17, 15) is 14.4 Å². The van der Waals surface area contributed by atoms with Crippen LogP contribution in [0.15, 0.2) is 35.5 Å². The topological polar surface area (TPSA) is 122 Å². The van der Waals surface area contributed by atoms with Crippen molar-refractivity contribution in [3.63, 3.8) is 0 Å². The van der Waals surface area contributed by atoms with Crippen LogP contribution in [-0.2, 0) is 21.5 Å². The Kier molecular flexibility index (Phi) is 8.67. The molecule has 1 aromatic carbocycles. The number of carboxylic acid groups (broad SMARTS) is 1. The first-order chi connectivity index (χ1) is 16.3. The van der Waals surface area contributed by atoms with Gasteiger partial charge in [0, 0.05) is 24.0 Å². The summed E-state index contributed by atoms with van der Waals surface area (Å²) in [5.74, 6) is -1.52. The van der Waals surface area contributed by atoms with Crippen molar-refractivity contribution in [3.8, 4) is 0 Å². The summed E-state index contributed by atoms with van der Waals surface area (Å²) in [5, 5.41) is 19.5. The monoisotopic (exact) mass is 470 g/mol. The number of aliphatic carboxylic acids is 1. The average molecular weight is 471 g/mol. The number of amides is 2. The van der Waals surface area contributed by atoms with Crippen LogP contribution in [0.5, 0.6) is 0 Å². The number of hydrogen-bond acceptors (Lipinski definition) is 5. The van der Waals surface area contributed by atoms with Gasteiger partial charge in [0.05, 0.1) is 18.2 Å². The number of rotatable bonds is 10. The van der Waals surface area contributed by atoms with E-state index in [1.165, 1.54) is 6.21 Å². The van der Waals surface area contributed by atoms with Crippen molar-refractivity contribution in [1.29, 1.82) is 0 Å². The number of fused-ring (bicyclic) bond motifs is 1. The van der Waals surface area contributed by atoms with E-state index in [0.29, 0.717) is 18.5 Å². The summed E-state index contributed by atoms with van der Waals surface area (Å²) in [6.45, 7) is 3.51. The van der Waals surface area contributed by atoms with Gasteiger partial charge in [-0.05, 0) is 37.3 Å². The number of oxime groups is 1. The number of aryl methyl sites for hydroxylation is 1. The summed E-state index contributed by atoms with van der Waals surface area (Å²) in [5.41, 5.74) is 1.54. The maximum atomic E-state index is 13.2. The lowest BCUT2D eigenvalue weighted by Crippen LogP contribution is -2.51. The Morgan fingerprint density at radius 1 is 1.24 bits per heavy atom. The molecule has 9 heteroatoms. The Hall–Kier alpha value is -3.36. The van der Waals surface area contributed by atoms with Crippen molar-refractivity contribution in [3.05, 3.63) is 36.0 Å². The summed E-state index contributed by atoms with van der Waals surface area (Å²) < 4.78 is 1.87. The van der Waals surface area contributed by atoms with Gasteiger partial charge in [-0.1, -0.05) is 50.0 Å². The third-order valence-corrected chi connectivity index (χ3v) is 6.16. The summed E-state index contributed by atoms with van der Waals surface area (Å²) in [6, 6.07) is 9.04. The molecule has 1 saturated carbocycles. The summed E-state index contributed by atoms with van der Waals surface area (Å²) in [6.07, 6.45) is 5.36. The molecule has 9 nitrogen and oxygen atoms in total. The lowest BCUT2D eigenvalue weighted by molar-refractivity contribution is -0.142. The second kappa shape index (κ2) is 11.7. The van der Waals surface area contributed by atoms with Gasteiger partial charge in [0.2, 0.25) is 12.5 Å². The van der Waals surface area contributed by atoms with Gasteiger partial charge in [-0.15, -0.1) is 0 Å². The van der Waals surface area contributed by atoms with E-state index in [2.05, 4.69) is 15.8 Å². The minimum atomic E-state index is -1.12. The Bertz CT molecular complexity index is 1050. The summed E-state index contributed by atoms with van der Waals surface area (Å²) >= 11 is 0. The van der Waals surface area contributed by atoms with Crippen LogP contribution in [0.4, 0.5) is 0 Å². The molecule has 0 spiro atoms. The number of para-hydroxylation sites is 1. The van der Waals surface area contributed by atoms with E-state index in [0.717, 1.165) is 30.2 Å². The van der Waals surface area contributed by atoms with Crippen LogP contribution in [0.2, 0.25) is 0 Å². The van der Waals surface area contributed by atoms with Crippen molar-refractivity contribution in [2.45, 2.75) is 58.0 Å². The molecule has 34 heavy (non-hydrogen) atoms. The normalized spacial score (nSPS) is 19.3. The van der Waals surface area contributed by atoms with E-state index in [4.69, 9.17) is 9.94 Å². The van der Waals surface area contributed by atoms with Crippen LogP contribution in [-0.4, -0.2) is 52.4 Å². The van der Waals surface area contributed by atoms with Crippen molar-refractivity contribution >= 4 is 34.9 Å². The number of benzene rings is 1. The highest BCUT2D eigenvalue weighted by molar-refractivity contribution is 5.99. The molecule has 0 aliphatic heterocycles. The van der Waals surface area contributed by atoms with Crippen molar-refractivity contribution in [1.82, 2.24) is 15.2 Å². The largest absolute Gasteiger partial charge is 0.479 e. The average Bonchev–Trinajstić information content (AvgIpc) is 3.13. The molecular formula is C25H34N4O5. The van der Waals surface area contributed by atoms with Crippen LogP contribution in [0.25, 0.3) is 10.9 Å². The second-order valence-electron chi connectivity index (χ2n) is 9.28. The Morgan fingerprint density at radius 2 is 1.97 bits per heavy atom. The van der Waals surface area contributed by atoms with Crippen molar-refractivity contribution in [2.24, 2.45) is 24.0 Å². The minimum Gasteiger partial charge on any atom is -0.479 e. The quantitative estimate of drug-likeness (QED) is 0.364. The van der Waals surface area contributed by atoms with E-state index in [1.54, 1.807) is 0 Å². The predicted molar refractivity (Wildman–Crippen MR) is 130 cm³/mol. The molecule has 3 atom stereocenters. The molecule has 3 N–H and O–H groups in total. The Morgan fingerprint density at radius 3 is 2.68 bits per heavy atom. The second-order valence-corrected chi connectivity index (χ2v) is 9.28. The van der Waals surface area contributed by atoms with Crippen LogP contribution in [0.3, 0.4) is 0 Å². The fraction of sp³-hybridized carbons (Fsp3) is 0.520.